The van der Waals surface area contributed by atoms with Gasteiger partial charge in [0.2, 0.25) is 0 Å². The van der Waals surface area contributed by atoms with Crippen molar-refractivity contribution in [3.8, 4) is 0 Å². The lowest BCUT2D eigenvalue weighted by Gasteiger charge is -2.27. The maximum atomic E-state index is 12.8. The van der Waals surface area contributed by atoms with Crippen LogP contribution in [0.2, 0.25) is 0 Å². The second-order valence-corrected chi connectivity index (χ2v) is 6.98. The Labute approximate surface area is 147 Å². The third-order valence-electron chi connectivity index (χ3n) is 5.21. The number of carbonyl (C=O) groups excluding carboxylic acids is 1. The monoisotopic (exact) mass is 338 g/mol. The van der Waals surface area contributed by atoms with Gasteiger partial charge in [-0.15, -0.1) is 0 Å². The van der Waals surface area contributed by atoms with E-state index in [9.17, 15) is 4.79 Å². The molecule has 5 nitrogen and oxygen atoms in total. The lowest BCUT2D eigenvalue weighted by atomic mass is 9.82. The van der Waals surface area contributed by atoms with E-state index in [0.717, 1.165) is 17.7 Å². The summed E-state index contributed by atoms with van der Waals surface area (Å²) in [5.41, 5.74) is 1.71. The predicted molar refractivity (Wildman–Crippen MR) is 93.0 cm³/mol. The van der Waals surface area contributed by atoms with E-state index < -0.39 is 0 Å². The molecule has 1 aromatic heterocycles. The van der Waals surface area contributed by atoms with Gasteiger partial charge in [0.25, 0.3) is 5.91 Å². The molecule has 2 atom stereocenters. The zero-order chi connectivity index (χ0) is 17.1. The summed E-state index contributed by atoms with van der Waals surface area (Å²) in [5.74, 6) is 0.440. The van der Waals surface area contributed by atoms with Gasteiger partial charge in [0.05, 0.1) is 26.4 Å². The Kier molecular flexibility index (Phi) is 4.51. The van der Waals surface area contributed by atoms with Gasteiger partial charge in [-0.25, -0.2) is 0 Å². The van der Waals surface area contributed by atoms with Crippen molar-refractivity contribution >= 4 is 5.91 Å². The van der Waals surface area contributed by atoms with Crippen LogP contribution in [-0.4, -0.2) is 48.7 Å². The van der Waals surface area contributed by atoms with Crippen molar-refractivity contribution in [2.75, 3.05) is 32.9 Å². The number of carbonyl (C=O) groups is 1. The summed E-state index contributed by atoms with van der Waals surface area (Å²) in [5, 5.41) is 0. The molecular weight excluding hydrogens is 316 g/mol. The molecule has 1 aromatic carbocycles. The van der Waals surface area contributed by atoms with Crippen LogP contribution in [0.25, 0.3) is 0 Å². The van der Waals surface area contributed by atoms with Gasteiger partial charge in [0.15, 0.2) is 0 Å². The zero-order valence-electron chi connectivity index (χ0n) is 14.1. The van der Waals surface area contributed by atoms with E-state index in [0.29, 0.717) is 38.9 Å². The topological polar surface area (TPSA) is 51.7 Å². The first-order valence-corrected chi connectivity index (χ1v) is 8.66. The Morgan fingerprint density at radius 1 is 1.28 bits per heavy atom. The minimum absolute atomic E-state index is 0.0906. The van der Waals surface area contributed by atoms with Gasteiger partial charge in [0, 0.05) is 42.4 Å². The zero-order valence-corrected chi connectivity index (χ0v) is 14.1. The maximum absolute atomic E-state index is 12.8. The predicted octanol–water partition coefficient (Wildman–Crippen LogP) is 2.39. The highest BCUT2D eigenvalue weighted by atomic mass is 16.5. The van der Waals surface area contributed by atoms with Gasteiger partial charge in [-0.2, -0.15) is 0 Å². The number of benzene rings is 1. The second kappa shape index (κ2) is 6.94. The summed E-state index contributed by atoms with van der Waals surface area (Å²) in [6, 6.07) is 13.4. The molecule has 4 rings (SSSR count). The van der Waals surface area contributed by atoms with Crippen LogP contribution in [0.5, 0.6) is 0 Å². The van der Waals surface area contributed by atoms with Crippen LogP contribution in [0.15, 0.2) is 54.9 Å². The van der Waals surface area contributed by atoms with E-state index in [4.69, 9.17) is 9.47 Å². The smallest absolute Gasteiger partial charge is 0.253 e. The molecule has 2 aliphatic heterocycles. The van der Waals surface area contributed by atoms with E-state index in [1.807, 2.05) is 53.6 Å². The van der Waals surface area contributed by atoms with Crippen molar-refractivity contribution in [2.24, 2.45) is 11.3 Å². The molecule has 2 saturated heterocycles. The minimum Gasteiger partial charge on any atom is -0.380 e. The van der Waals surface area contributed by atoms with Gasteiger partial charge in [-0.3, -0.25) is 9.78 Å². The summed E-state index contributed by atoms with van der Waals surface area (Å²) in [7, 11) is 0. The normalized spacial score (nSPS) is 25.1. The number of rotatable bonds is 5. The molecule has 2 aliphatic rings. The third-order valence-corrected chi connectivity index (χ3v) is 5.21. The quantitative estimate of drug-likeness (QED) is 0.840. The Morgan fingerprint density at radius 2 is 2.16 bits per heavy atom. The first-order chi connectivity index (χ1) is 12.3. The summed E-state index contributed by atoms with van der Waals surface area (Å²) >= 11 is 0. The number of nitrogens with zero attached hydrogens (tertiary/aromatic N) is 2. The molecule has 0 spiro atoms. The first-order valence-electron chi connectivity index (χ1n) is 8.66. The number of likely N-dealkylation sites (tertiary alicyclic amines) is 1. The second-order valence-electron chi connectivity index (χ2n) is 6.98. The molecule has 3 heterocycles. The highest BCUT2D eigenvalue weighted by Crippen LogP contribution is 2.42. The minimum atomic E-state index is -0.0906. The maximum Gasteiger partial charge on any atom is 0.253 e. The van der Waals surface area contributed by atoms with E-state index >= 15 is 0 Å². The van der Waals surface area contributed by atoms with Gasteiger partial charge in [-0.05, 0) is 23.8 Å². The summed E-state index contributed by atoms with van der Waals surface area (Å²) in [4.78, 5) is 18.8. The number of amides is 1. The van der Waals surface area contributed by atoms with Crippen LogP contribution >= 0.6 is 0 Å². The first kappa shape index (κ1) is 16.2. The standard InChI is InChI=1S/C20H22N2O3/c23-19(17-6-2-1-3-7-17)22-10-18-12-25-15-20(18,13-22)14-24-11-16-5-4-8-21-9-16/h1-9,18H,10-15H2/t18-,20-/m1/s1. The number of pyridine rings is 1. The highest BCUT2D eigenvalue weighted by molar-refractivity contribution is 5.94. The molecule has 0 aliphatic carbocycles. The summed E-state index contributed by atoms with van der Waals surface area (Å²) in [6.07, 6.45) is 3.58. The number of ether oxygens (including phenoxy) is 2. The molecule has 0 unspecified atom stereocenters. The molecule has 2 fully saturated rings. The Bertz CT molecular complexity index is 722. The van der Waals surface area contributed by atoms with Crippen molar-refractivity contribution in [3.05, 3.63) is 66.0 Å². The number of aromatic nitrogens is 1. The van der Waals surface area contributed by atoms with Crippen molar-refractivity contribution in [1.29, 1.82) is 0 Å². The van der Waals surface area contributed by atoms with Crippen LogP contribution in [0.4, 0.5) is 0 Å². The molecule has 1 amide bonds. The van der Waals surface area contributed by atoms with Crippen LogP contribution < -0.4 is 0 Å². The lowest BCUT2D eigenvalue weighted by molar-refractivity contribution is 0.0185. The Balaban J connectivity index is 1.41. The Morgan fingerprint density at radius 3 is 2.96 bits per heavy atom. The molecule has 25 heavy (non-hydrogen) atoms. The van der Waals surface area contributed by atoms with Gasteiger partial charge < -0.3 is 14.4 Å². The fourth-order valence-electron chi connectivity index (χ4n) is 3.81. The van der Waals surface area contributed by atoms with Gasteiger partial charge >= 0.3 is 0 Å². The molecule has 2 aromatic rings. The average Bonchev–Trinajstić information content (AvgIpc) is 3.20. The summed E-state index contributed by atoms with van der Waals surface area (Å²) in [6.45, 7) is 3.93. The highest BCUT2D eigenvalue weighted by Gasteiger charge is 2.52. The molecular formula is C20H22N2O3. The van der Waals surface area contributed by atoms with Crippen LogP contribution in [0, 0.1) is 11.3 Å². The molecule has 5 heteroatoms. The molecule has 0 N–H and O–H groups in total. The van der Waals surface area contributed by atoms with Crippen LogP contribution in [-0.2, 0) is 16.1 Å². The third kappa shape index (κ3) is 3.30. The largest absolute Gasteiger partial charge is 0.380 e. The van der Waals surface area contributed by atoms with E-state index in [-0.39, 0.29) is 11.3 Å². The number of hydrogen-bond acceptors (Lipinski definition) is 4. The molecule has 0 bridgehead atoms. The van der Waals surface area contributed by atoms with E-state index in [2.05, 4.69) is 4.98 Å². The Hall–Kier alpha value is -2.24. The van der Waals surface area contributed by atoms with Crippen molar-refractivity contribution in [2.45, 2.75) is 6.61 Å². The molecule has 0 saturated carbocycles. The van der Waals surface area contributed by atoms with Crippen molar-refractivity contribution in [3.63, 3.8) is 0 Å². The average molecular weight is 338 g/mol. The molecule has 0 radical (unpaired) electrons. The van der Waals surface area contributed by atoms with E-state index in [1.165, 1.54) is 0 Å². The van der Waals surface area contributed by atoms with Crippen molar-refractivity contribution in [1.82, 2.24) is 9.88 Å². The van der Waals surface area contributed by atoms with Gasteiger partial charge in [0.1, 0.15) is 0 Å². The fourth-order valence-corrected chi connectivity index (χ4v) is 3.81. The lowest BCUT2D eigenvalue weighted by Crippen LogP contribution is -2.37. The SMILES string of the molecule is O=C(c1ccccc1)N1C[C@@H]2COC[C@]2(COCc2cccnc2)C1. The van der Waals surface area contributed by atoms with Gasteiger partial charge in [-0.1, -0.05) is 24.3 Å². The van der Waals surface area contributed by atoms with Crippen LogP contribution in [0.3, 0.4) is 0 Å². The number of fused-ring (bicyclic) bond motifs is 1. The van der Waals surface area contributed by atoms with Crippen molar-refractivity contribution < 1.29 is 14.3 Å². The number of hydrogen-bond donors (Lipinski definition) is 0. The van der Waals surface area contributed by atoms with Crippen LogP contribution in [0.1, 0.15) is 15.9 Å². The summed E-state index contributed by atoms with van der Waals surface area (Å²) < 4.78 is 11.7. The molecule has 130 valence electrons. The van der Waals surface area contributed by atoms with E-state index in [1.54, 1.807) is 6.20 Å². The fraction of sp³-hybridized carbons (Fsp3) is 0.400.